The summed E-state index contributed by atoms with van der Waals surface area (Å²) >= 11 is 0. The summed E-state index contributed by atoms with van der Waals surface area (Å²) in [6.45, 7) is 3.55. The van der Waals surface area contributed by atoms with Crippen LogP contribution in [0.1, 0.15) is 24.2 Å². The number of sulfonamides is 1. The van der Waals surface area contributed by atoms with E-state index in [9.17, 15) is 17.6 Å². The second-order valence-electron chi connectivity index (χ2n) is 5.11. The number of carboxylic acids is 1. The average molecular weight is 304 g/mol. The molecule has 0 saturated heterocycles. The number of carbonyl (C=O) groups is 1. The van der Waals surface area contributed by atoms with Crippen LogP contribution in [0.2, 0.25) is 0 Å². The number of hydrogen-bond acceptors (Lipinski definition) is 4. The molecule has 0 amide bonds. The van der Waals surface area contributed by atoms with Crippen LogP contribution < -0.4 is 10.0 Å². The van der Waals surface area contributed by atoms with Gasteiger partial charge in [-0.2, -0.15) is 0 Å². The predicted molar refractivity (Wildman–Crippen MR) is 73.9 cm³/mol. The van der Waals surface area contributed by atoms with Gasteiger partial charge in [-0.3, -0.25) is 0 Å². The van der Waals surface area contributed by atoms with Crippen molar-refractivity contribution in [2.75, 3.05) is 18.1 Å². The molecule has 0 aliphatic carbocycles. The largest absolute Gasteiger partial charge is 0.478 e. The van der Waals surface area contributed by atoms with Crippen LogP contribution in [-0.2, 0) is 10.0 Å². The predicted octanol–water partition coefficient (Wildman–Crippen LogP) is 1.26. The molecule has 3 N–H and O–H groups in total. The summed E-state index contributed by atoms with van der Waals surface area (Å²) in [5.41, 5.74) is -0.810. The number of nitrogens with one attached hydrogen (secondary N) is 2. The Labute approximate surface area is 117 Å². The minimum absolute atomic E-state index is 0.214. The zero-order valence-corrected chi connectivity index (χ0v) is 12.2. The van der Waals surface area contributed by atoms with E-state index in [1.54, 1.807) is 13.8 Å². The van der Waals surface area contributed by atoms with Crippen molar-refractivity contribution in [1.82, 2.24) is 4.72 Å². The van der Waals surface area contributed by atoms with E-state index >= 15 is 0 Å². The molecule has 8 heteroatoms. The summed E-state index contributed by atoms with van der Waals surface area (Å²) < 4.78 is 38.2. The van der Waals surface area contributed by atoms with Crippen LogP contribution >= 0.6 is 0 Å². The zero-order chi connectivity index (χ0) is 15.6. The van der Waals surface area contributed by atoms with E-state index in [0.717, 1.165) is 18.4 Å². The number of aromatic carboxylic acids is 1. The third-order valence-corrected chi connectivity index (χ3v) is 3.32. The molecule has 0 aliphatic rings. The molecule has 0 bridgehead atoms. The number of benzene rings is 1. The highest BCUT2D eigenvalue weighted by Gasteiger charge is 2.22. The van der Waals surface area contributed by atoms with Crippen molar-refractivity contribution in [3.8, 4) is 0 Å². The van der Waals surface area contributed by atoms with E-state index in [4.69, 9.17) is 5.11 Å². The van der Waals surface area contributed by atoms with Gasteiger partial charge >= 0.3 is 5.97 Å². The van der Waals surface area contributed by atoms with Gasteiger partial charge in [0.05, 0.1) is 11.8 Å². The third kappa shape index (κ3) is 5.14. The van der Waals surface area contributed by atoms with Gasteiger partial charge in [0, 0.05) is 17.8 Å². The molecule has 0 spiro atoms. The van der Waals surface area contributed by atoms with Gasteiger partial charge in [-0.15, -0.1) is 0 Å². The van der Waals surface area contributed by atoms with Gasteiger partial charge in [0.1, 0.15) is 5.82 Å². The molecule has 0 aromatic heterocycles. The van der Waals surface area contributed by atoms with Crippen LogP contribution in [0, 0.1) is 5.82 Å². The zero-order valence-electron chi connectivity index (χ0n) is 11.4. The van der Waals surface area contributed by atoms with Gasteiger partial charge < -0.3 is 10.4 Å². The molecule has 20 heavy (non-hydrogen) atoms. The summed E-state index contributed by atoms with van der Waals surface area (Å²) in [7, 11) is -3.35. The van der Waals surface area contributed by atoms with E-state index in [2.05, 4.69) is 10.0 Å². The summed E-state index contributed by atoms with van der Waals surface area (Å²) in [4.78, 5) is 10.7. The van der Waals surface area contributed by atoms with E-state index in [1.165, 1.54) is 6.07 Å². The van der Waals surface area contributed by atoms with E-state index < -0.39 is 32.9 Å². The lowest BCUT2D eigenvalue weighted by molar-refractivity contribution is 0.0692. The van der Waals surface area contributed by atoms with Crippen LogP contribution in [0.5, 0.6) is 0 Å². The summed E-state index contributed by atoms with van der Waals surface area (Å²) in [5.74, 6) is -2.19. The van der Waals surface area contributed by atoms with Crippen molar-refractivity contribution in [3.63, 3.8) is 0 Å². The highest BCUT2D eigenvalue weighted by atomic mass is 32.2. The monoisotopic (exact) mass is 304 g/mol. The van der Waals surface area contributed by atoms with Crippen LogP contribution in [-0.4, -0.2) is 37.8 Å². The SMILES string of the molecule is CC(C)(CNc1ccc(C(=O)O)c(F)c1)NS(C)(=O)=O. The number of carboxylic acid groups (broad SMARTS) is 1. The summed E-state index contributed by atoms with van der Waals surface area (Å²) in [6, 6.07) is 3.63. The molecule has 1 aromatic carbocycles. The quantitative estimate of drug-likeness (QED) is 0.735. The number of halogens is 1. The van der Waals surface area contributed by atoms with Crippen molar-refractivity contribution in [2.24, 2.45) is 0 Å². The molecule has 0 unspecified atom stereocenters. The van der Waals surface area contributed by atoms with Gasteiger partial charge in [-0.1, -0.05) is 0 Å². The van der Waals surface area contributed by atoms with Crippen LogP contribution in [0.25, 0.3) is 0 Å². The first-order chi connectivity index (χ1) is 9.00. The van der Waals surface area contributed by atoms with Crippen molar-refractivity contribution >= 4 is 21.7 Å². The number of hydrogen-bond donors (Lipinski definition) is 3. The Balaban J connectivity index is 2.76. The molecule has 0 heterocycles. The maximum absolute atomic E-state index is 13.5. The van der Waals surface area contributed by atoms with Crippen LogP contribution in [0.4, 0.5) is 10.1 Å². The van der Waals surface area contributed by atoms with Crippen molar-refractivity contribution in [1.29, 1.82) is 0 Å². The Bertz CT molecular complexity index is 614. The fraction of sp³-hybridized carbons (Fsp3) is 0.417. The minimum atomic E-state index is -3.35. The molecule has 1 rings (SSSR count). The third-order valence-electron chi connectivity index (χ3n) is 2.40. The van der Waals surface area contributed by atoms with E-state index in [1.807, 2.05) is 0 Å². The van der Waals surface area contributed by atoms with E-state index in [-0.39, 0.29) is 6.54 Å². The average Bonchev–Trinajstić information content (AvgIpc) is 2.22. The van der Waals surface area contributed by atoms with Gasteiger partial charge in [0.2, 0.25) is 10.0 Å². The first-order valence-corrected chi connectivity index (χ1v) is 7.65. The topological polar surface area (TPSA) is 95.5 Å². The lowest BCUT2D eigenvalue weighted by Crippen LogP contribution is -2.47. The molecule has 0 fully saturated rings. The lowest BCUT2D eigenvalue weighted by atomic mass is 10.1. The normalized spacial score (nSPS) is 12.2. The molecule has 1 aromatic rings. The molecule has 0 aliphatic heterocycles. The number of rotatable bonds is 6. The maximum atomic E-state index is 13.5. The van der Waals surface area contributed by atoms with Crippen molar-refractivity contribution in [3.05, 3.63) is 29.6 Å². The highest BCUT2D eigenvalue weighted by Crippen LogP contribution is 2.16. The molecular weight excluding hydrogens is 287 g/mol. The molecule has 6 nitrogen and oxygen atoms in total. The number of anilines is 1. The Morgan fingerprint density at radius 3 is 2.45 bits per heavy atom. The molecule has 0 atom stereocenters. The maximum Gasteiger partial charge on any atom is 0.338 e. The Kier molecular flexibility index (Phi) is 4.72. The molecule has 0 saturated carbocycles. The minimum Gasteiger partial charge on any atom is -0.478 e. The van der Waals surface area contributed by atoms with Crippen LogP contribution in [0.3, 0.4) is 0 Å². The van der Waals surface area contributed by atoms with Gasteiger partial charge in [0.25, 0.3) is 0 Å². The Hall–Kier alpha value is -1.67. The van der Waals surface area contributed by atoms with Gasteiger partial charge in [0.15, 0.2) is 0 Å². The van der Waals surface area contributed by atoms with E-state index in [0.29, 0.717) is 5.69 Å². The molecule has 0 radical (unpaired) electrons. The molecular formula is C12H17FN2O4S. The first kappa shape index (κ1) is 16.4. The van der Waals surface area contributed by atoms with Crippen molar-refractivity contribution < 1.29 is 22.7 Å². The second-order valence-corrected chi connectivity index (χ2v) is 6.86. The van der Waals surface area contributed by atoms with Crippen LogP contribution in [0.15, 0.2) is 18.2 Å². The van der Waals surface area contributed by atoms with Gasteiger partial charge in [-0.25, -0.2) is 22.3 Å². The Morgan fingerprint density at radius 2 is 2.00 bits per heavy atom. The van der Waals surface area contributed by atoms with Crippen molar-refractivity contribution in [2.45, 2.75) is 19.4 Å². The lowest BCUT2D eigenvalue weighted by Gasteiger charge is -2.25. The standard InChI is InChI=1S/C12H17FN2O4S/c1-12(2,15-20(3,18)19)7-14-8-4-5-9(11(16)17)10(13)6-8/h4-6,14-15H,7H2,1-3H3,(H,16,17). The summed E-state index contributed by atoms with van der Waals surface area (Å²) in [6.07, 6.45) is 1.05. The second kappa shape index (κ2) is 5.76. The van der Waals surface area contributed by atoms with Gasteiger partial charge in [-0.05, 0) is 32.0 Å². The molecule has 112 valence electrons. The fourth-order valence-corrected chi connectivity index (χ4v) is 2.74. The summed E-state index contributed by atoms with van der Waals surface area (Å²) in [5, 5.41) is 11.6. The smallest absolute Gasteiger partial charge is 0.338 e. The highest BCUT2D eigenvalue weighted by molar-refractivity contribution is 7.88. The first-order valence-electron chi connectivity index (χ1n) is 5.76. The Morgan fingerprint density at radius 1 is 1.40 bits per heavy atom. The fourth-order valence-electron chi connectivity index (χ4n) is 1.66.